The van der Waals surface area contributed by atoms with Crippen LogP contribution in [0.5, 0.6) is 0 Å². The Hall–Kier alpha value is -1.61. The average molecular weight is 271 g/mol. The summed E-state index contributed by atoms with van der Waals surface area (Å²) in [5.41, 5.74) is 2.63. The van der Waals surface area contributed by atoms with Gasteiger partial charge in [0.1, 0.15) is 0 Å². The third-order valence-corrected chi connectivity index (χ3v) is 4.29. The van der Waals surface area contributed by atoms with Gasteiger partial charge in [0.05, 0.1) is 11.7 Å². The van der Waals surface area contributed by atoms with Crippen LogP contribution < -0.4 is 5.32 Å². The summed E-state index contributed by atoms with van der Waals surface area (Å²) in [7, 11) is 4.05. The number of hydrogen-bond donors (Lipinski definition) is 1. The molecule has 0 bridgehead atoms. The molecule has 0 radical (unpaired) electrons. The number of nitrogens with zero attached hydrogens (tertiary/aromatic N) is 2. The van der Waals surface area contributed by atoms with E-state index in [1.807, 2.05) is 25.0 Å². The van der Waals surface area contributed by atoms with Crippen molar-refractivity contribution in [2.75, 3.05) is 7.05 Å². The summed E-state index contributed by atoms with van der Waals surface area (Å²) in [5.74, 6) is 1.05. The van der Waals surface area contributed by atoms with Crippen molar-refractivity contribution in [1.82, 2.24) is 15.1 Å². The Bertz CT molecular complexity index is 518. The first kappa shape index (κ1) is 14.8. The van der Waals surface area contributed by atoms with Crippen LogP contribution >= 0.6 is 0 Å². The molecule has 2 rings (SSSR count). The molecular formula is C17H25N3. The van der Waals surface area contributed by atoms with Crippen molar-refractivity contribution in [1.29, 1.82) is 0 Å². The second-order valence-electron chi connectivity index (χ2n) is 5.47. The Morgan fingerprint density at radius 1 is 1.20 bits per heavy atom. The topological polar surface area (TPSA) is 29.9 Å². The highest BCUT2D eigenvalue weighted by molar-refractivity contribution is 5.25. The SMILES string of the molecule is CCC(C)C(c1ccccc1)C(NC)c1ccnn1C. The van der Waals surface area contributed by atoms with Gasteiger partial charge in [-0.3, -0.25) is 4.68 Å². The highest BCUT2D eigenvalue weighted by atomic mass is 15.3. The van der Waals surface area contributed by atoms with Crippen LogP contribution in [-0.2, 0) is 7.05 Å². The minimum atomic E-state index is 0.278. The van der Waals surface area contributed by atoms with E-state index < -0.39 is 0 Å². The molecule has 0 saturated heterocycles. The largest absolute Gasteiger partial charge is 0.311 e. The number of likely N-dealkylation sites (N-methyl/N-ethyl adjacent to an activating group) is 1. The van der Waals surface area contributed by atoms with E-state index in [2.05, 4.69) is 60.7 Å². The fourth-order valence-electron chi connectivity index (χ4n) is 2.98. The van der Waals surface area contributed by atoms with Gasteiger partial charge < -0.3 is 5.32 Å². The van der Waals surface area contributed by atoms with E-state index in [1.54, 1.807) is 0 Å². The molecule has 20 heavy (non-hydrogen) atoms. The van der Waals surface area contributed by atoms with Gasteiger partial charge >= 0.3 is 0 Å². The summed E-state index contributed by atoms with van der Waals surface area (Å²) in [6.45, 7) is 4.59. The van der Waals surface area contributed by atoms with E-state index >= 15 is 0 Å². The van der Waals surface area contributed by atoms with Gasteiger partial charge in [0.25, 0.3) is 0 Å². The molecule has 3 atom stereocenters. The number of aryl methyl sites for hydroxylation is 1. The molecular weight excluding hydrogens is 246 g/mol. The minimum absolute atomic E-state index is 0.278. The molecule has 0 amide bonds. The summed E-state index contributed by atoms with van der Waals surface area (Å²) >= 11 is 0. The lowest BCUT2D eigenvalue weighted by molar-refractivity contribution is 0.342. The molecule has 3 heteroatoms. The maximum absolute atomic E-state index is 4.32. The summed E-state index contributed by atoms with van der Waals surface area (Å²) < 4.78 is 1.97. The van der Waals surface area contributed by atoms with Crippen LogP contribution in [0, 0.1) is 5.92 Å². The first-order chi connectivity index (χ1) is 9.69. The van der Waals surface area contributed by atoms with Gasteiger partial charge in [-0.05, 0) is 24.6 Å². The lowest BCUT2D eigenvalue weighted by Crippen LogP contribution is -2.29. The molecule has 0 aliphatic heterocycles. The Kier molecular flexibility index (Phi) is 4.96. The van der Waals surface area contributed by atoms with Gasteiger partial charge in [0.2, 0.25) is 0 Å². The van der Waals surface area contributed by atoms with Crippen molar-refractivity contribution in [3.05, 3.63) is 53.9 Å². The molecule has 0 fully saturated rings. The maximum atomic E-state index is 4.32. The molecule has 3 unspecified atom stereocenters. The predicted molar refractivity (Wildman–Crippen MR) is 83.6 cm³/mol. The second kappa shape index (κ2) is 6.71. The first-order valence-electron chi connectivity index (χ1n) is 7.39. The highest BCUT2D eigenvalue weighted by Gasteiger charge is 2.29. The van der Waals surface area contributed by atoms with Gasteiger partial charge in [-0.15, -0.1) is 0 Å². The van der Waals surface area contributed by atoms with Crippen LogP contribution in [0.15, 0.2) is 42.6 Å². The maximum Gasteiger partial charge on any atom is 0.0561 e. The normalized spacial score (nSPS) is 15.8. The van der Waals surface area contributed by atoms with Crippen LogP contribution in [0.3, 0.4) is 0 Å². The lowest BCUT2D eigenvalue weighted by atomic mass is 9.79. The van der Waals surface area contributed by atoms with Crippen molar-refractivity contribution in [2.24, 2.45) is 13.0 Å². The van der Waals surface area contributed by atoms with Crippen molar-refractivity contribution < 1.29 is 0 Å². The number of benzene rings is 1. The van der Waals surface area contributed by atoms with E-state index in [0.29, 0.717) is 11.8 Å². The smallest absolute Gasteiger partial charge is 0.0561 e. The summed E-state index contributed by atoms with van der Waals surface area (Å²) in [6.07, 6.45) is 3.04. The molecule has 1 aromatic heterocycles. The summed E-state index contributed by atoms with van der Waals surface area (Å²) in [6, 6.07) is 13.2. The second-order valence-corrected chi connectivity index (χ2v) is 5.47. The van der Waals surface area contributed by atoms with E-state index in [0.717, 1.165) is 6.42 Å². The zero-order chi connectivity index (χ0) is 14.5. The van der Waals surface area contributed by atoms with Crippen LogP contribution in [0.1, 0.15) is 43.5 Å². The highest BCUT2D eigenvalue weighted by Crippen LogP contribution is 2.37. The Labute approximate surface area is 122 Å². The van der Waals surface area contributed by atoms with Gasteiger partial charge in [-0.2, -0.15) is 5.10 Å². The lowest BCUT2D eigenvalue weighted by Gasteiger charge is -2.32. The van der Waals surface area contributed by atoms with Gasteiger partial charge in [-0.25, -0.2) is 0 Å². The molecule has 0 saturated carbocycles. The molecule has 108 valence electrons. The Balaban J connectivity index is 2.42. The quantitative estimate of drug-likeness (QED) is 0.871. The van der Waals surface area contributed by atoms with Crippen LogP contribution in [0.25, 0.3) is 0 Å². The zero-order valence-corrected chi connectivity index (χ0v) is 12.9. The Morgan fingerprint density at radius 2 is 1.90 bits per heavy atom. The van der Waals surface area contributed by atoms with Gasteiger partial charge in [-0.1, -0.05) is 50.6 Å². The zero-order valence-electron chi connectivity index (χ0n) is 12.9. The molecule has 0 aliphatic rings. The molecule has 1 aromatic carbocycles. The molecule has 3 nitrogen and oxygen atoms in total. The number of hydrogen-bond acceptors (Lipinski definition) is 2. The summed E-state index contributed by atoms with van der Waals surface area (Å²) in [5, 5.41) is 7.82. The fraction of sp³-hybridized carbons (Fsp3) is 0.471. The average Bonchev–Trinajstić information content (AvgIpc) is 2.90. The molecule has 0 spiro atoms. The van der Waals surface area contributed by atoms with E-state index in [9.17, 15) is 0 Å². The molecule has 2 aromatic rings. The third kappa shape index (κ3) is 2.93. The molecule has 1 heterocycles. The van der Waals surface area contributed by atoms with E-state index in [-0.39, 0.29) is 6.04 Å². The number of nitrogens with one attached hydrogen (secondary N) is 1. The monoisotopic (exact) mass is 271 g/mol. The fourth-order valence-corrected chi connectivity index (χ4v) is 2.98. The van der Waals surface area contributed by atoms with Crippen molar-refractivity contribution in [2.45, 2.75) is 32.2 Å². The first-order valence-corrected chi connectivity index (χ1v) is 7.39. The minimum Gasteiger partial charge on any atom is -0.311 e. The van der Waals surface area contributed by atoms with Gasteiger partial charge in [0, 0.05) is 19.2 Å². The van der Waals surface area contributed by atoms with E-state index in [4.69, 9.17) is 0 Å². The van der Waals surface area contributed by atoms with Crippen molar-refractivity contribution in [3.63, 3.8) is 0 Å². The van der Waals surface area contributed by atoms with Crippen molar-refractivity contribution >= 4 is 0 Å². The summed E-state index contributed by atoms with van der Waals surface area (Å²) in [4.78, 5) is 0. The molecule has 0 aliphatic carbocycles. The van der Waals surface area contributed by atoms with Crippen LogP contribution in [-0.4, -0.2) is 16.8 Å². The Morgan fingerprint density at radius 3 is 2.40 bits per heavy atom. The number of rotatable bonds is 6. The third-order valence-electron chi connectivity index (χ3n) is 4.29. The van der Waals surface area contributed by atoms with Crippen molar-refractivity contribution in [3.8, 4) is 0 Å². The predicted octanol–water partition coefficient (Wildman–Crippen LogP) is 3.51. The van der Waals surface area contributed by atoms with Crippen LogP contribution in [0.4, 0.5) is 0 Å². The number of aromatic nitrogens is 2. The van der Waals surface area contributed by atoms with Crippen LogP contribution in [0.2, 0.25) is 0 Å². The standard InChI is InChI=1S/C17H25N3/c1-5-13(2)16(14-9-7-6-8-10-14)17(18-3)15-11-12-19-20(15)4/h6-13,16-18H,5H2,1-4H3. The van der Waals surface area contributed by atoms with E-state index in [1.165, 1.54) is 11.3 Å². The molecule has 1 N–H and O–H groups in total. The van der Waals surface area contributed by atoms with Gasteiger partial charge in [0.15, 0.2) is 0 Å².